The van der Waals surface area contributed by atoms with E-state index in [0.717, 1.165) is 18.5 Å². The molecule has 1 atom stereocenters. The van der Waals surface area contributed by atoms with Crippen molar-refractivity contribution in [1.29, 1.82) is 0 Å². The number of piperidine rings is 1. The maximum Gasteiger partial charge on any atom is 0.127 e. The highest BCUT2D eigenvalue weighted by Gasteiger charge is 2.34. The number of likely N-dealkylation sites (tertiary alicyclic amines) is 1. The monoisotopic (exact) mass is 222 g/mol. The third kappa shape index (κ3) is 2.53. The van der Waals surface area contributed by atoms with E-state index in [2.05, 4.69) is 4.90 Å². The largest absolute Gasteiger partial charge is 0.399 e. The van der Waals surface area contributed by atoms with Crippen LogP contribution < -0.4 is 5.73 Å². The van der Waals surface area contributed by atoms with Crippen molar-refractivity contribution in [2.24, 2.45) is 0 Å². The van der Waals surface area contributed by atoms with Crippen molar-refractivity contribution in [2.45, 2.75) is 24.9 Å². The average molecular weight is 222 g/mol. The SMILES string of the molecule is CN1CCCC(F)(Cc2ccccc2N)C1. The summed E-state index contributed by atoms with van der Waals surface area (Å²) < 4.78 is 14.6. The first-order chi connectivity index (χ1) is 7.59. The molecule has 1 aromatic carbocycles. The molecule has 1 aromatic rings. The highest BCUT2D eigenvalue weighted by molar-refractivity contribution is 5.47. The van der Waals surface area contributed by atoms with Crippen molar-refractivity contribution in [2.75, 3.05) is 25.9 Å². The molecule has 1 aliphatic rings. The van der Waals surface area contributed by atoms with E-state index >= 15 is 0 Å². The van der Waals surface area contributed by atoms with Crippen LogP contribution in [0.2, 0.25) is 0 Å². The fourth-order valence-electron chi connectivity index (χ4n) is 2.49. The number of para-hydroxylation sites is 1. The topological polar surface area (TPSA) is 29.3 Å². The summed E-state index contributed by atoms with van der Waals surface area (Å²) >= 11 is 0. The van der Waals surface area contributed by atoms with E-state index in [-0.39, 0.29) is 0 Å². The van der Waals surface area contributed by atoms with Gasteiger partial charge in [-0.05, 0) is 38.1 Å². The van der Waals surface area contributed by atoms with E-state index in [1.165, 1.54) is 0 Å². The Hall–Kier alpha value is -1.09. The normalized spacial score (nSPS) is 26.9. The molecule has 16 heavy (non-hydrogen) atoms. The highest BCUT2D eigenvalue weighted by Crippen LogP contribution is 2.30. The molecule has 3 heteroatoms. The van der Waals surface area contributed by atoms with Crippen molar-refractivity contribution in [1.82, 2.24) is 4.90 Å². The number of hydrogen-bond acceptors (Lipinski definition) is 2. The number of nitrogens with zero attached hydrogens (tertiary/aromatic N) is 1. The molecule has 0 saturated carbocycles. The van der Waals surface area contributed by atoms with Crippen LogP contribution in [0.4, 0.5) is 10.1 Å². The minimum absolute atomic E-state index is 0.435. The van der Waals surface area contributed by atoms with Gasteiger partial charge >= 0.3 is 0 Å². The molecule has 0 spiro atoms. The maximum absolute atomic E-state index is 14.6. The van der Waals surface area contributed by atoms with Crippen LogP contribution in [0.25, 0.3) is 0 Å². The molecule has 2 N–H and O–H groups in total. The van der Waals surface area contributed by atoms with Gasteiger partial charge in [-0.1, -0.05) is 18.2 Å². The van der Waals surface area contributed by atoms with Gasteiger partial charge in [0, 0.05) is 18.7 Å². The van der Waals surface area contributed by atoms with E-state index in [0.29, 0.717) is 25.1 Å². The number of halogens is 1. The zero-order chi connectivity index (χ0) is 11.6. The summed E-state index contributed by atoms with van der Waals surface area (Å²) in [6.07, 6.45) is 2.01. The zero-order valence-electron chi connectivity index (χ0n) is 9.75. The predicted molar refractivity (Wildman–Crippen MR) is 65.1 cm³/mol. The van der Waals surface area contributed by atoms with Crippen LogP contribution in [0, 0.1) is 0 Å². The second-order valence-electron chi connectivity index (χ2n) is 4.87. The van der Waals surface area contributed by atoms with Gasteiger partial charge in [-0.2, -0.15) is 0 Å². The first-order valence-corrected chi connectivity index (χ1v) is 5.80. The second-order valence-corrected chi connectivity index (χ2v) is 4.87. The number of rotatable bonds is 2. The lowest BCUT2D eigenvalue weighted by Crippen LogP contribution is -2.44. The fourth-order valence-corrected chi connectivity index (χ4v) is 2.49. The minimum Gasteiger partial charge on any atom is -0.399 e. The lowest BCUT2D eigenvalue weighted by molar-refractivity contribution is 0.0592. The number of benzene rings is 1. The lowest BCUT2D eigenvalue weighted by atomic mass is 9.88. The maximum atomic E-state index is 14.6. The first kappa shape index (κ1) is 11.4. The first-order valence-electron chi connectivity index (χ1n) is 5.80. The smallest absolute Gasteiger partial charge is 0.127 e. The molecule has 1 heterocycles. The second kappa shape index (κ2) is 4.42. The van der Waals surface area contributed by atoms with Crippen molar-refractivity contribution in [3.8, 4) is 0 Å². The summed E-state index contributed by atoms with van der Waals surface area (Å²) in [5, 5.41) is 0. The standard InChI is InChI=1S/C13H19FN2/c1-16-8-4-7-13(14,10-16)9-11-5-2-3-6-12(11)15/h2-3,5-6H,4,7-10,15H2,1H3. The summed E-state index contributed by atoms with van der Waals surface area (Å²) in [6, 6.07) is 7.56. The molecular formula is C13H19FN2. The summed E-state index contributed by atoms with van der Waals surface area (Å²) in [5.74, 6) is 0. The van der Waals surface area contributed by atoms with E-state index in [1.54, 1.807) is 0 Å². The Labute approximate surface area is 96.2 Å². The van der Waals surface area contributed by atoms with Gasteiger partial charge in [-0.25, -0.2) is 4.39 Å². The van der Waals surface area contributed by atoms with Gasteiger partial charge in [0.2, 0.25) is 0 Å². The quantitative estimate of drug-likeness (QED) is 0.778. The van der Waals surface area contributed by atoms with E-state index in [4.69, 9.17) is 5.73 Å². The lowest BCUT2D eigenvalue weighted by Gasteiger charge is -2.35. The molecule has 1 fully saturated rings. The third-order valence-electron chi connectivity index (χ3n) is 3.28. The summed E-state index contributed by atoms with van der Waals surface area (Å²) in [5.41, 5.74) is 6.37. The van der Waals surface area contributed by atoms with Gasteiger partial charge in [0.05, 0.1) is 0 Å². The summed E-state index contributed by atoms with van der Waals surface area (Å²) in [4.78, 5) is 2.06. The Balaban J connectivity index is 2.11. The molecule has 1 saturated heterocycles. The molecule has 0 radical (unpaired) electrons. The van der Waals surface area contributed by atoms with Gasteiger partial charge in [-0.15, -0.1) is 0 Å². The van der Waals surface area contributed by atoms with Crippen LogP contribution in [0.3, 0.4) is 0 Å². The molecule has 1 aliphatic heterocycles. The van der Waals surface area contributed by atoms with Crippen LogP contribution in [0.5, 0.6) is 0 Å². The Morgan fingerprint density at radius 1 is 1.44 bits per heavy atom. The predicted octanol–water partition coefficient (Wildman–Crippen LogP) is 2.25. The van der Waals surface area contributed by atoms with Gasteiger partial charge < -0.3 is 10.6 Å². The number of alkyl halides is 1. The van der Waals surface area contributed by atoms with E-state index in [9.17, 15) is 4.39 Å². The van der Waals surface area contributed by atoms with Crippen molar-refractivity contribution >= 4 is 5.69 Å². The number of nitrogen functional groups attached to an aromatic ring is 1. The average Bonchev–Trinajstić information content (AvgIpc) is 2.21. The summed E-state index contributed by atoms with van der Waals surface area (Å²) in [6.45, 7) is 1.51. The minimum atomic E-state index is -1.11. The van der Waals surface area contributed by atoms with Gasteiger partial charge in [0.1, 0.15) is 5.67 Å². The Bertz CT molecular complexity index is 367. The van der Waals surface area contributed by atoms with Crippen molar-refractivity contribution in [3.05, 3.63) is 29.8 Å². The summed E-state index contributed by atoms with van der Waals surface area (Å²) in [7, 11) is 1.97. The van der Waals surface area contributed by atoms with Crippen LogP contribution in [-0.2, 0) is 6.42 Å². The molecule has 1 unspecified atom stereocenters. The van der Waals surface area contributed by atoms with E-state index < -0.39 is 5.67 Å². The van der Waals surface area contributed by atoms with Gasteiger partial charge in [0.25, 0.3) is 0 Å². The van der Waals surface area contributed by atoms with Crippen LogP contribution in [0.1, 0.15) is 18.4 Å². The van der Waals surface area contributed by atoms with Crippen molar-refractivity contribution in [3.63, 3.8) is 0 Å². The van der Waals surface area contributed by atoms with Crippen LogP contribution in [-0.4, -0.2) is 30.7 Å². The fraction of sp³-hybridized carbons (Fsp3) is 0.538. The molecule has 0 amide bonds. The molecule has 0 aromatic heterocycles. The molecule has 2 nitrogen and oxygen atoms in total. The van der Waals surface area contributed by atoms with Gasteiger partial charge in [-0.3, -0.25) is 0 Å². The molecule has 2 rings (SSSR count). The third-order valence-corrected chi connectivity index (χ3v) is 3.28. The molecule has 88 valence electrons. The van der Waals surface area contributed by atoms with Crippen LogP contribution >= 0.6 is 0 Å². The van der Waals surface area contributed by atoms with Crippen molar-refractivity contribution < 1.29 is 4.39 Å². The highest BCUT2D eigenvalue weighted by atomic mass is 19.1. The Morgan fingerprint density at radius 3 is 2.88 bits per heavy atom. The zero-order valence-corrected chi connectivity index (χ0v) is 9.75. The Kier molecular flexibility index (Phi) is 3.15. The molecule has 0 aliphatic carbocycles. The Morgan fingerprint density at radius 2 is 2.19 bits per heavy atom. The van der Waals surface area contributed by atoms with Crippen LogP contribution in [0.15, 0.2) is 24.3 Å². The number of hydrogen-bond donors (Lipinski definition) is 1. The van der Waals surface area contributed by atoms with Gasteiger partial charge in [0.15, 0.2) is 0 Å². The number of anilines is 1. The molecule has 0 bridgehead atoms. The molecular weight excluding hydrogens is 203 g/mol. The van der Waals surface area contributed by atoms with E-state index in [1.807, 2.05) is 31.3 Å². The number of nitrogens with two attached hydrogens (primary N) is 1.